The lowest BCUT2D eigenvalue weighted by atomic mass is 9.72. The van der Waals surface area contributed by atoms with Crippen LogP contribution in [0.15, 0.2) is 73.0 Å². The largest absolute Gasteiger partial charge is 0.398 e. The van der Waals surface area contributed by atoms with E-state index in [0.29, 0.717) is 5.92 Å². The number of hydrogen-bond donors (Lipinski definition) is 2. The maximum atomic E-state index is 14.1. The molecule has 0 amide bonds. The van der Waals surface area contributed by atoms with Crippen molar-refractivity contribution in [3.63, 3.8) is 0 Å². The highest BCUT2D eigenvalue weighted by Crippen LogP contribution is 2.46. The summed E-state index contributed by atoms with van der Waals surface area (Å²) >= 11 is 0. The van der Waals surface area contributed by atoms with Gasteiger partial charge in [0.25, 0.3) is 0 Å². The summed E-state index contributed by atoms with van der Waals surface area (Å²) in [4.78, 5) is 4.81. The number of pyridine rings is 1. The zero-order valence-corrected chi connectivity index (χ0v) is 22.1. The van der Waals surface area contributed by atoms with E-state index in [9.17, 15) is 4.39 Å². The van der Waals surface area contributed by atoms with Crippen molar-refractivity contribution in [1.29, 1.82) is 5.41 Å². The van der Waals surface area contributed by atoms with Crippen molar-refractivity contribution in [3.05, 3.63) is 112 Å². The number of aryl methyl sites for hydroxylation is 2. The highest BCUT2D eigenvalue weighted by molar-refractivity contribution is 6.03. The predicted molar refractivity (Wildman–Crippen MR) is 155 cm³/mol. The molecule has 1 aromatic heterocycles. The van der Waals surface area contributed by atoms with Crippen LogP contribution in [0.5, 0.6) is 0 Å². The molecule has 0 atom stereocenters. The first-order valence-corrected chi connectivity index (χ1v) is 13.1. The molecule has 0 saturated heterocycles. The molecule has 190 valence electrons. The molecule has 3 N–H and O–H groups in total. The Morgan fingerprint density at radius 2 is 1.81 bits per heavy atom. The van der Waals surface area contributed by atoms with Crippen molar-refractivity contribution in [1.82, 2.24) is 4.98 Å². The highest BCUT2D eigenvalue weighted by atomic mass is 19.1. The number of nitrogens with one attached hydrogen (secondary N) is 1. The molecule has 1 heterocycles. The van der Waals surface area contributed by atoms with Crippen molar-refractivity contribution in [2.24, 2.45) is 5.92 Å². The Kier molecular flexibility index (Phi) is 8.17. The summed E-state index contributed by atoms with van der Waals surface area (Å²) in [6.45, 7) is 10.2. The van der Waals surface area contributed by atoms with Crippen molar-refractivity contribution < 1.29 is 4.39 Å². The molecule has 1 saturated carbocycles. The zero-order chi connectivity index (χ0) is 26.5. The summed E-state index contributed by atoms with van der Waals surface area (Å²) < 4.78 is 14.1. The van der Waals surface area contributed by atoms with Gasteiger partial charge in [-0.15, -0.1) is 0 Å². The first-order chi connectivity index (χ1) is 17.8. The summed E-state index contributed by atoms with van der Waals surface area (Å²) in [6, 6.07) is 16.0. The standard InChI is InChI=1S/C33H36FN3/c1-5-7-27-18-22(4)29(20-37-27)32(24-8-6-9-24)31(26-16-17-30(35)28(19-26)33(34)36)25-14-12-23(13-15-25)11-10-21(2)3/h10-20,24,36H,2,5-9,35H2,1,3-4H3/b11-10+,32-31+,36-33?. The molecule has 0 bridgehead atoms. The van der Waals surface area contributed by atoms with Crippen LogP contribution in [-0.4, -0.2) is 10.9 Å². The molecule has 1 aliphatic rings. The zero-order valence-electron chi connectivity index (χ0n) is 22.1. The number of halogens is 1. The van der Waals surface area contributed by atoms with E-state index in [1.54, 1.807) is 12.1 Å². The third-order valence-corrected chi connectivity index (χ3v) is 7.08. The van der Waals surface area contributed by atoms with Gasteiger partial charge in [0, 0.05) is 17.6 Å². The molecule has 4 rings (SSSR count). The molecule has 2 aromatic carbocycles. The predicted octanol–water partition coefficient (Wildman–Crippen LogP) is 8.57. The monoisotopic (exact) mass is 493 g/mol. The molecule has 4 heteroatoms. The van der Waals surface area contributed by atoms with Crippen LogP contribution in [0.1, 0.15) is 78.6 Å². The smallest absolute Gasteiger partial charge is 0.214 e. The quantitative estimate of drug-likeness (QED) is 0.178. The number of aromatic nitrogens is 1. The Morgan fingerprint density at radius 3 is 2.38 bits per heavy atom. The molecular formula is C33H36FN3. The lowest BCUT2D eigenvalue weighted by Gasteiger charge is -2.32. The van der Waals surface area contributed by atoms with E-state index in [2.05, 4.69) is 56.8 Å². The minimum absolute atomic E-state index is 0.122. The third-order valence-electron chi connectivity index (χ3n) is 7.08. The van der Waals surface area contributed by atoms with Crippen LogP contribution in [0.25, 0.3) is 17.2 Å². The molecule has 1 aliphatic carbocycles. The van der Waals surface area contributed by atoms with Crippen LogP contribution >= 0.6 is 0 Å². The van der Waals surface area contributed by atoms with Crippen LogP contribution in [0, 0.1) is 18.3 Å². The van der Waals surface area contributed by atoms with E-state index in [0.717, 1.165) is 64.8 Å². The van der Waals surface area contributed by atoms with E-state index in [4.69, 9.17) is 16.1 Å². The maximum absolute atomic E-state index is 14.1. The molecule has 3 nitrogen and oxygen atoms in total. The molecule has 0 unspecified atom stereocenters. The Bertz CT molecular complexity index is 1380. The van der Waals surface area contributed by atoms with E-state index in [1.165, 1.54) is 17.6 Å². The summed E-state index contributed by atoms with van der Waals surface area (Å²) in [5.41, 5.74) is 16.2. The molecule has 37 heavy (non-hydrogen) atoms. The van der Waals surface area contributed by atoms with Crippen molar-refractivity contribution in [2.45, 2.75) is 52.9 Å². The van der Waals surface area contributed by atoms with Gasteiger partial charge < -0.3 is 5.73 Å². The van der Waals surface area contributed by atoms with Gasteiger partial charge in [-0.3, -0.25) is 10.4 Å². The number of benzene rings is 2. The first kappa shape index (κ1) is 26.3. The average molecular weight is 494 g/mol. The van der Waals surface area contributed by atoms with Gasteiger partial charge in [-0.2, -0.15) is 4.39 Å². The Balaban J connectivity index is 1.98. The second-order valence-corrected chi connectivity index (χ2v) is 10.1. The fourth-order valence-corrected chi connectivity index (χ4v) is 4.92. The first-order valence-electron chi connectivity index (χ1n) is 13.1. The number of allylic oxidation sites excluding steroid dienone is 3. The van der Waals surface area contributed by atoms with Crippen LogP contribution in [0.2, 0.25) is 0 Å². The van der Waals surface area contributed by atoms with Gasteiger partial charge in [-0.25, -0.2) is 0 Å². The summed E-state index contributed by atoms with van der Waals surface area (Å²) in [6.07, 6.45) is 11.5. The van der Waals surface area contributed by atoms with Crippen molar-refractivity contribution in [3.8, 4) is 0 Å². The number of hydrogen-bond acceptors (Lipinski definition) is 3. The number of nitrogens with zero attached hydrogens (tertiary/aromatic N) is 1. The van der Waals surface area contributed by atoms with Gasteiger partial charge in [-0.1, -0.05) is 74.4 Å². The van der Waals surface area contributed by atoms with Crippen LogP contribution in [0.3, 0.4) is 0 Å². The van der Waals surface area contributed by atoms with Gasteiger partial charge in [0.2, 0.25) is 5.97 Å². The van der Waals surface area contributed by atoms with Crippen LogP contribution < -0.4 is 5.73 Å². The number of nitrogen functional groups attached to an aromatic ring is 1. The summed E-state index contributed by atoms with van der Waals surface area (Å²) in [5.74, 6) is -0.632. The van der Waals surface area contributed by atoms with Gasteiger partial charge in [0.1, 0.15) is 0 Å². The molecule has 0 spiro atoms. The average Bonchev–Trinajstić information content (AvgIpc) is 2.83. The number of anilines is 1. The number of rotatable bonds is 9. The minimum atomic E-state index is -1.02. The van der Waals surface area contributed by atoms with Crippen molar-refractivity contribution >= 4 is 28.9 Å². The molecule has 1 fully saturated rings. The number of nitrogens with two attached hydrogens (primary N) is 1. The Morgan fingerprint density at radius 1 is 1.11 bits per heavy atom. The lowest BCUT2D eigenvalue weighted by Crippen LogP contribution is -2.16. The van der Waals surface area contributed by atoms with Crippen molar-refractivity contribution in [2.75, 3.05) is 5.73 Å². The molecular weight excluding hydrogens is 457 g/mol. The summed E-state index contributed by atoms with van der Waals surface area (Å²) in [7, 11) is 0. The van der Waals surface area contributed by atoms with Gasteiger partial charge in [0.15, 0.2) is 0 Å². The second kappa shape index (κ2) is 11.5. The van der Waals surface area contributed by atoms with E-state index in [1.807, 2.05) is 25.3 Å². The SMILES string of the molecule is C=C(C)/C=C/c1ccc(/C(=C(\c2cnc(CCC)cc2C)C2CCC2)c2ccc(N)c(C(=N)F)c2)cc1. The normalized spacial score (nSPS) is 14.4. The van der Waals surface area contributed by atoms with Gasteiger partial charge in [0.05, 0.1) is 5.56 Å². The minimum Gasteiger partial charge on any atom is -0.398 e. The van der Waals surface area contributed by atoms with Gasteiger partial charge in [-0.05, 0) is 96.2 Å². The maximum Gasteiger partial charge on any atom is 0.214 e. The molecule has 3 aromatic rings. The molecule has 0 aliphatic heterocycles. The van der Waals surface area contributed by atoms with Crippen LogP contribution in [-0.2, 0) is 6.42 Å². The Hall–Kier alpha value is -3.79. The fourth-order valence-electron chi connectivity index (χ4n) is 4.92. The fraction of sp³-hybridized carbons (Fsp3) is 0.273. The molecule has 0 radical (unpaired) electrons. The summed E-state index contributed by atoms with van der Waals surface area (Å²) in [5, 5.41) is 7.64. The topological polar surface area (TPSA) is 62.8 Å². The Labute approximate surface area is 220 Å². The lowest BCUT2D eigenvalue weighted by molar-refractivity contribution is 0.401. The highest BCUT2D eigenvalue weighted by Gasteiger charge is 2.28. The van der Waals surface area contributed by atoms with E-state index >= 15 is 0 Å². The van der Waals surface area contributed by atoms with E-state index < -0.39 is 5.97 Å². The van der Waals surface area contributed by atoms with Crippen LogP contribution in [0.4, 0.5) is 10.1 Å². The van der Waals surface area contributed by atoms with Gasteiger partial charge >= 0.3 is 0 Å². The second-order valence-electron chi connectivity index (χ2n) is 10.1. The van der Waals surface area contributed by atoms with E-state index in [-0.39, 0.29) is 11.3 Å². The third kappa shape index (κ3) is 5.96.